The van der Waals surface area contributed by atoms with Crippen LogP contribution < -0.4 is 10.6 Å². The number of anilines is 1. The van der Waals surface area contributed by atoms with E-state index in [-0.39, 0.29) is 12.3 Å². The number of unbranched alkanes of at least 4 members (excludes halogenated alkanes) is 5. The molecule has 43 heavy (non-hydrogen) atoms. The Morgan fingerprint density at radius 2 is 1.58 bits per heavy atom. The number of ether oxygens (including phenoxy) is 1. The quantitative estimate of drug-likeness (QED) is 0.163. The summed E-state index contributed by atoms with van der Waals surface area (Å²) in [6, 6.07) is 17.0. The third-order valence-corrected chi connectivity index (χ3v) is 6.97. The molecule has 0 bridgehead atoms. The van der Waals surface area contributed by atoms with Gasteiger partial charge in [0.1, 0.15) is 23.4 Å². The van der Waals surface area contributed by atoms with Crippen molar-refractivity contribution in [1.29, 1.82) is 0 Å². The first-order valence-corrected chi connectivity index (χ1v) is 15.0. The van der Waals surface area contributed by atoms with Gasteiger partial charge in [-0.25, -0.2) is 4.79 Å². The van der Waals surface area contributed by atoms with E-state index in [1.807, 2.05) is 36.4 Å². The van der Waals surface area contributed by atoms with Gasteiger partial charge in [-0.15, -0.1) is 0 Å². The molecule has 9 nitrogen and oxygen atoms in total. The second kappa shape index (κ2) is 15.9. The zero-order chi connectivity index (χ0) is 31.4. The second-order valence-corrected chi connectivity index (χ2v) is 11.7. The Labute approximate surface area is 254 Å². The lowest BCUT2D eigenvalue weighted by Crippen LogP contribution is -2.54. The van der Waals surface area contributed by atoms with Crippen molar-refractivity contribution in [3.05, 3.63) is 72.3 Å². The van der Waals surface area contributed by atoms with Gasteiger partial charge in [0.15, 0.2) is 0 Å². The van der Waals surface area contributed by atoms with Gasteiger partial charge >= 0.3 is 6.09 Å². The smallest absolute Gasteiger partial charge is 0.408 e. The largest absolute Gasteiger partial charge is 0.508 e. The number of hydrogen-bond donors (Lipinski definition) is 4. The lowest BCUT2D eigenvalue weighted by Gasteiger charge is -2.34. The summed E-state index contributed by atoms with van der Waals surface area (Å²) in [5.41, 5.74) is 0.132. The molecule has 0 spiro atoms. The van der Waals surface area contributed by atoms with Crippen LogP contribution in [-0.2, 0) is 14.3 Å². The molecule has 4 N–H and O–H groups in total. The fraction of sp³-hybridized carbons (Fsp3) is 0.441. The minimum atomic E-state index is -1.34. The number of aliphatic hydroxyl groups excluding tert-OH is 1. The van der Waals surface area contributed by atoms with E-state index in [1.165, 1.54) is 17.0 Å². The highest BCUT2D eigenvalue weighted by Gasteiger charge is 2.36. The summed E-state index contributed by atoms with van der Waals surface area (Å²) in [6.07, 6.45) is 4.87. The van der Waals surface area contributed by atoms with E-state index in [9.17, 15) is 24.6 Å². The zero-order valence-electron chi connectivity index (χ0n) is 25.6. The molecular weight excluding hydrogens is 546 g/mol. The van der Waals surface area contributed by atoms with Gasteiger partial charge < -0.3 is 30.5 Å². The minimum absolute atomic E-state index is 0.0569. The number of benzene rings is 3. The molecule has 9 heteroatoms. The van der Waals surface area contributed by atoms with Crippen molar-refractivity contribution < 1.29 is 29.3 Å². The standard InChI is InChI=1S/C34H45N3O6/c1-5-6-7-8-9-12-20-37(32(41)29(23-38)36-33(42)43-34(2,3)4)30(26-16-13-17-28(39)22-26)31(40)35-27-19-18-24-14-10-11-15-25(24)21-27/h10-11,13-19,21-22,29-30,38-39H,5-9,12,20,23H2,1-4H3,(H,35,40)(H,36,42). The van der Waals surface area contributed by atoms with Gasteiger partial charge in [-0.05, 0) is 67.8 Å². The van der Waals surface area contributed by atoms with E-state index in [0.29, 0.717) is 17.7 Å². The monoisotopic (exact) mass is 591 g/mol. The summed E-state index contributed by atoms with van der Waals surface area (Å²) in [7, 11) is 0. The van der Waals surface area contributed by atoms with Crippen molar-refractivity contribution in [2.75, 3.05) is 18.5 Å². The van der Waals surface area contributed by atoms with Crippen LogP contribution in [0.5, 0.6) is 5.75 Å². The Balaban J connectivity index is 1.96. The first-order valence-electron chi connectivity index (χ1n) is 15.0. The number of phenols is 1. The Morgan fingerprint density at radius 3 is 2.26 bits per heavy atom. The maximum absolute atomic E-state index is 14.0. The highest BCUT2D eigenvalue weighted by Crippen LogP contribution is 2.28. The molecule has 3 aromatic carbocycles. The molecule has 0 aliphatic carbocycles. The Bertz CT molecular complexity index is 1370. The van der Waals surface area contributed by atoms with Crippen LogP contribution in [0.25, 0.3) is 10.8 Å². The highest BCUT2D eigenvalue weighted by atomic mass is 16.6. The number of nitrogens with one attached hydrogen (secondary N) is 2. The Hall–Kier alpha value is -4.11. The first kappa shape index (κ1) is 33.4. The average Bonchev–Trinajstić information content (AvgIpc) is 2.95. The van der Waals surface area contributed by atoms with Gasteiger partial charge in [-0.2, -0.15) is 0 Å². The molecular formula is C34H45N3O6. The van der Waals surface area contributed by atoms with Gasteiger partial charge in [0.2, 0.25) is 5.91 Å². The third kappa shape index (κ3) is 10.3. The highest BCUT2D eigenvalue weighted by molar-refractivity contribution is 6.00. The van der Waals surface area contributed by atoms with Gasteiger partial charge in [0, 0.05) is 12.2 Å². The number of carbonyl (C=O) groups is 3. The van der Waals surface area contributed by atoms with Crippen LogP contribution in [0.4, 0.5) is 10.5 Å². The molecule has 0 fully saturated rings. The Kier molecular flexibility index (Phi) is 12.4. The van der Waals surface area contributed by atoms with Crippen molar-refractivity contribution in [3.8, 4) is 5.75 Å². The fourth-order valence-corrected chi connectivity index (χ4v) is 4.91. The number of rotatable bonds is 14. The summed E-state index contributed by atoms with van der Waals surface area (Å²) in [6.45, 7) is 6.74. The normalized spacial score (nSPS) is 12.8. The predicted octanol–water partition coefficient (Wildman–Crippen LogP) is 6.30. The first-order chi connectivity index (χ1) is 20.5. The van der Waals surface area contributed by atoms with E-state index in [2.05, 4.69) is 17.6 Å². The predicted molar refractivity (Wildman–Crippen MR) is 169 cm³/mol. The molecule has 3 aromatic rings. The van der Waals surface area contributed by atoms with Crippen molar-refractivity contribution in [3.63, 3.8) is 0 Å². The number of phenolic OH excluding ortho intramolecular Hbond substituents is 1. The molecule has 0 heterocycles. The van der Waals surface area contributed by atoms with Crippen molar-refractivity contribution in [2.24, 2.45) is 0 Å². The second-order valence-electron chi connectivity index (χ2n) is 11.7. The average molecular weight is 592 g/mol. The van der Waals surface area contributed by atoms with E-state index < -0.39 is 42.2 Å². The van der Waals surface area contributed by atoms with Crippen LogP contribution in [0.15, 0.2) is 66.7 Å². The van der Waals surface area contributed by atoms with Gasteiger partial charge in [0.25, 0.3) is 5.91 Å². The molecule has 3 rings (SSSR count). The van der Waals surface area contributed by atoms with Crippen LogP contribution in [0.3, 0.4) is 0 Å². The lowest BCUT2D eigenvalue weighted by molar-refractivity contribution is -0.141. The fourth-order valence-electron chi connectivity index (χ4n) is 4.91. The van der Waals surface area contributed by atoms with Crippen molar-refractivity contribution in [1.82, 2.24) is 10.2 Å². The summed E-state index contributed by atoms with van der Waals surface area (Å²) in [5, 5.41) is 27.8. The maximum Gasteiger partial charge on any atom is 0.408 e. The molecule has 0 aliphatic rings. The molecule has 232 valence electrons. The van der Waals surface area contributed by atoms with Crippen LogP contribution >= 0.6 is 0 Å². The molecule has 2 atom stereocenters. The molecule has 3 amide bonds. The molecule has 0 aromatic heterocycles. The van der Waals surface area contributed by atoms with E-state index in [0.717, 1.165) is 42.9 Å². The van der Waals surface area contributed by atoms with Gasteiger partial charge in [0.05, 0.1) is 6.61 Å². The molecule has 0 aliphatic heterocycles. The number of carbonyl (C=O) groups excluding carboxylic acids is 3. The maximum atomic E-state index is 14.0. The molecule has 0 saturated heterocycles. The lowest BCUT2D eigenvalue weighted by atomic mass is 10.0. The number of aliphatic hydroxyl groups is 1. The molecule has 2 unspecified atom stereocenters. The zero-order valence-corrected chi connectivity index (χ0v) is 25.6. The van der Waals surface area contributed by atoms with Crippen LogP contribution in [0.2, 0.25) is 0 Å². The minimum Gasteiger partial charge on any atom is -0.508 e. The summed E-state index contributed by atoms with van der Waals surface area (Å²) in [5.74, 6) is -1.18. The van der Waals surface area contributed by atoms with Gasteiger partial charge in [-0.1, -0.05) is 81.5 Å². The van der Waals surface area contributed by atoms with E-state index in [1.54, 1.807) is 39.0 Å². The topological polar surface area (TPSA) is 128 Å². The SMILES string of the molecule is CCCCCCCCN(C(=O)C(CO)NC(=O)OC(C)(C)C)C(C(=O)Nc1ccc2ccccc2c1)c1cccc(O)c1. The van der Waals surface area contributed by atoms with Crippen LogP contribution in [-0.4, -0.2) is 57.8 Å². The van der Waals surface area contributed by atoms with Crippen molar-refractivity contribution >= 4 is 34.4 Å². The van der Waals surface area contributed by atoms with Crippen molar-refractivity contribution in [2.45, 2.75) is 83.9 Å². The third-order valence-electron chi connectivity index (χ3n) is 6.97. The number of aromatic hydroxyl groups is 1. The molecule has 0 saturated carbocycles. The summed E-state index contributed by atoms with van der Waals surface area (Å²) < 4.78 is 5.31. The summed E-state index contributed by atoms with van der Waals surface area (Å²) >= 11 is 0. The van der Waals surface area contributed by atoms with Crippen LogP contribution in [0, 0.1) is 0 Å². The number of fused-ring (bicyclic) bond motifs is 1. The molecule has 0 radical (unpaired) electrons. The van der Waals surface area contributed by atoms with E-state index in [4.69, 9.17) is 4.74 Å². The van der Waals surface area contributed by atoms with E-state index >= 15 is 0 Å². The number of nitrogens with zero attached hydrogens (tertiary/aromatic N) is 1. The van der Waals surface area contributed by atoms with Gasteiger partial charge in [-0.3, -0.25) is 9.59 Å². The van der Waals surface area contributed by atoms with Crippen LogP contribution in [0.1, 0.15) is 77.8 Å². The summed E-state index contributed by atoms with van der Waals surface area (Å²) in [4.78, 5) is 42.0. The Morgan fingerprint density at radius 1 is 0.884 bits per heavy atom. The number of hydrogen-bond acceptors (Lipinski definition) is 6. The number of alkyl carbamates (subject to hydrolysis) is 1. The number of amides is 3.